The Kier molecular flexibility index (Phi) is 3.80. The molecule has 0 radical (unpaired) electrons. The Hall–Kier alpha value is -1.89. The highest BCUT2D eigenvalue weighted by molar-refractivity contribution is 5.95. The third-order valence-electron chi connectivity index (χ3n) is 5.09. The van der Waals surface area contributed by atoms with Crippen LogP contribution in [0.1, 0.15) is 38.1 Å². The number of nitrogens with one attached hydrogen (secondary N) is 1. The van der Waals surface area contributed by atoms with E-state index >= 15 is 0 Å². The van der Waals surface area contributed by atoms with Gasteiger partial charge in [-0.3, -0.25) is 19.2 Å². The predicted octanol–water partition coefficient (Wildman–Crippen LogP) is 0.535. The average Bonchev–Trinajstić information content (AvgIpc) is 3.11. The maximum atomic E-state index is 11.8. The number of hydrogen-bond donors (Lipinski definition) is 1. The topological polar surface area (TPSA) is 70.5 Å². The minimum absolute atomic E-state index is 0.185. The maximum Gasteiger partial charge on any atom is 0.227 e. The third kappa shape index (κ3) is 2.97. The van der Waals surface area contributed by atoms with Crippen molar-refractivity contribution in [2.45, 2.75) is 44.2 Å². The molecule has 7 heteroatoms. The van der Waals surface area contributed by atoms with Crippen LogP contribution in [0.2, 0.25) is 0 Å². The molecule has 1 unspecified atom stereocenters. The molecule has 1 N–H and O–H groups in total. The van der Waals surface area contributed by atoms with Gasteiger partial charge in [0.25, 0.3) is 0 Å². The van der Waals surface area contributed by atoms with Crippen LogP contribution >= 0.6 is 0 Å². The number of aromatic nitrogens is 2. The van der Waals surface area contributed by atoms with Crippen LogP contribution in [0.15, 0.2) is 12.4 Å². The first-order valence-electron chi connectivity index (χ1n) is 8.55. The molecular weight excluding hydrogens is 294 g/mol. The number of rotatable bonds is 4. The number of hydrogen-bond acceptors (Lipinski definition) is 4. The Morgan fingerprint density at radius 1 is 1.22 bits per heavy atom. The number of amides is 2. The number of nitrogens with zero attached hydrogens (tertiary/aromatic N) is 4. The molecule has 1 aromatic heterocycles. The fourth-order valence-corrected chi connectivity index (χ4v) is 3.78. The van der Waals surface area contributed by atoms with E-state index in [-0.39, 0.29) is 11.8 Å². The summed E-state index contributed by atoms with van der Waals surface area (Å²) in [5.74, 6) is 0.387. The van der Waals surface area contributed by atoms with Crippen molar-refractivity contribution in [3.05, 3.63) is 12.4 Å². The van der Waals surface area contributed by atoms with E-state index < -0.39 is 0 Å². The molecule has 3 aliphatic heterocycles. The molecule has 3 fully saturated rings. The summed E-state index contributed by atoms with van der Waals surface area (Å²) in [6.45, 7) is 3.66. The number of anilines is 1. The molecule has 0 aliphatic carbocycles. The number of likely N-dealkylation sites (tertiary alicyclic amines) is 1. The SMILES string of the molecule is O=C1CCCC(CN2CC(n3cc(N4CCCC4=O)cn3)C2)N1. The van der Waals surface area contributed by atoms with Crippen molar-refractivity contribution in [3.63, 3.8) is 0 Å². The molecule has 0 saturated carbocycles. The van der Waals surface area contributed by atoms with E-state index in [4.69, 9.17) is 0 Å². The first-order chi connectivity index (χ1) is 11.2. The van der Waals surface area contributed by atoms with E-state index in [0.29, 0.717) is 24.9 Å². The molecule has 23 heavy (non-hydrogen) atoms. The van der Waals surface area contributed by atoms with Gasteiger partial charge in [-0.25, -0.2) is 0 Å². The number of carbonyl (C=O) groups excluding carboxylic acids is 2. The number of piperidine rings is 1. The van der Waals surface area contributed by atoms with Crippen molar-refractivity contribution >= 4 is 17.5 Å². The Morgan fingerprint density at radius 3 is 2.83 bits per heavy atom. The van der Waals surface area contributed by atoms with Gasteiger partial charge in [0, 0.05) is 51.3 Å². The minimum atomic E-state index is 0.185. The monoisotopic (exact) mass is 317 g/mol. The van der Waals surface area contributed by atoms with Gasteiger partial charge in [0.1, 0.15) is 0 Å². The first kappa shape index (κ1) is 14.7. The van der Waals surface area contributed by atoms with Crippen LogP contribution in [-0.2, 0) is 9.59 Å². The van der Waals surface area contributed by atoms with Crippen LogP contribution in [0.4, 0.5) is 5.69 Å². The molecular formula is C16H23N5O2. The molecule has 1 atom stereocenters. The van der Waals surface area contributed by atoms with E-state index in [1.807, 2.05) is 15.8 Å². The van der Waals surface area contributed by atoms with E-state index in [1.54, 1.807) is 6.20 Å². The van der Waals surface area contributed by atoms with Crippen molar-refractivity contribution in [1.29, 1.82) is 0 Å². The van der Waals surface area contributed by atoms with Gasteiger partial charge in [-0.05, 0) is 19.3 Å². The highest BCUT2D eigenvalue weighted by Crippen LogP contribution is 2.26. The van der Waals surface area contributed by atoms with E-state index in [2.05, 4.69) is 15.3 Å². The Balaban J connectivity index is 1.29. The summed E-state index contributed by atoms with van der Waals surface area (Å²) in [4.78, 5) is 27.4. The van der Waals surface area contributed by atoms with Gasteiger partial charge in [-0.15, -0.1) is 0 Å². The second-order valence-corrected chi connectivity index (χ2v) is 6.86. The molecule has 124 valence electrons. The lowest BCUT2D eigenvalue weighted by Gasteiger charge is -2.41. The van der Waals surface area contributed by atoms with Crippen molar-refractivity contribution < 1.29 is 9.59 Å². The summed E-state index contributed by atoms with van der Waals surface area (Å²) >= 11 is 0. The summed E-state index contributed by atoms with van der Waals surface area (Å²) < 4.78 is 1.98. The molecule has 3 aliphatic rings. The van der Waals surface area contributed by atoms with Gasteiger partial charge in [0.15, 0.2) is 0 Å². The molecule has 7 nitrogen and oxygen atoms in total. The first-order valence-corrected chi connectivity index (χ1v) is 8.55. The van der Waals surface area contributed by atoms with Gasteiger partial charge < -0.3 is 10.2 Å². The lowest BCUT2D eigenvalue weighted by atomic mass is 10.0. The molecule has 2 amide bonds. The zero-order valence-corrected chi connectivity index (χ0v) is 13.3. The number of carbonyl (C=O) groups is 2. The maximum absolute atomic E-state index is 11.8. The summed E-state index contributed by atoms with van der Waals surface area (Å²) in [5.41, 5.74) is 0.922. The smallest absolute Gasteiger partial charge is 0.227 e. The van der Waals surface area contributed by atoms with Gasteiger partial charge in [-0.2, -0.15) is 5.10 Å². The van der Waals surface area contributed by atoms with Gasteiger partial charge in [-0.1, -0.05) is 0 Å². The molecule has 4 heterocycles. The molecule has 3 saturated heterocycles. The fraction of sp³-hybridized carbons (Fsp3) is 0.688. The van der Waals surface area contributed by atoms with Gasteiger partial charge in [0.05, 0.1) is 17.9 Å². The highest BCUT2D eigenvalue weighted by atomic mass is 16.2. The summed E-state index contributed by atoms with van der Waals surface area (Å²) in [6, 6.07) is 0.674. The van der Waals surface area contributed by atoms with Crippen LogP contribution < -0.4 is 10.2 Å². The van der Waals surface area contributed by atoms with E-state index in [9.17, 15) is 9.59 Å². The van der Waals surface area contributed by atoms with E-state index in [1.165, 1.54) is 0 Å². The van der Waals surface area contributed by atoms with Crippen molar-refractivity contribution in [2.75, 3.05) is 31.1 Å². The Morgan fingerprint density at radius 2 is 2.09 bits per heavy atom. The Labute approximate surface area is 135 Å². The molecule has 1 aromatic rings. The van der Waals surface area contributed by atoms with Crippen LogP contribution in [0, 0.1) is 0 Å². The van der Waals surface area contributed by atoms with Crippen LogP contribution in [-0.4, -0.2) is 58.7 Å². The van der Waals surface area contributed by atoms with Crippen LogP contribution in [0.3, 0.4) is 0 Å². The highest BCUT2D eigenvalue weighted by Gasteiger charge is 2.32. The zero-order valence-electron chi connectivity index (χ0n) is 13.3. The second kappa shape index (κ2) is 5.96. The summed E-state index contributed by atoms with van der Waals surface area (Å²) in [7, 11) is 0. The predicted molar refractivity (Wildman–Crippen MR) is 85.1 cm³/mol. The second-order valence-electron chi connectivity index (χ2n) is 6.86. The van der Waals surface area contributed by atoms with Crippen LogP contribution in [0.25, 0.3) is 0 Å². The fourth-order valence-electron chi connectivity index (χ4n) is 3.78. The quantitative estimate of drug-likeness (QED) is 0.880. The molecule has 4 rings (SSSR count). The van der Waals surface area contributed by atoms with Gasteiger partial charge >= 0.3 is 0 Å². The Bertz CT molecular complexity index is 607. The van der Waals surface area contributed by atoms with Gasteiger partial charge in [0.2, 0.25) is 11.8 Å². The third-order valence-corrected chi connectivity index (χ3v) is 5.09. The molecule has 0 bridgehead atoms. The van der Waals surface area contributed by atoms with Crippen LogP contribution in [0.5, 0.6) is 0 Å². The average molecular weight is 317 g/mol. The van der Waals surface area contributed by atoms with Crippen molar-refractivity contribution in [3.8, 4) is 0 Å². The lowest BCUT2D eigenvalue weighted by Crippen LogP contribution is -2.54. The standard InChI is InChI=1S/C16H23N5O2/c22-15-4-1-3-12(18-15)8-19-9-14(10-19)21-11-13(7-17-21)20-6-2-5-16(20)23/h7,11-12,14H,1-6,8-10H2,(H,18,22). The van der Waals surface area contributed by atoms with Crippen molar-refractivity contribution in [1.82, 2.24) is 20.0 Å². The largest absolute Gasteiger partial charge is 0.352 e. The normalized spacial score (nSPS) is 26.4. The zero-order chi connectivity index (χ0) is 15.8. The summed E-state index contributed by atoms with van der Waals surface area (Å²) in [5, 5.41) is 7.51. The molecule has 0 aromatic carbocycles. The van der Waals surface area contributed by atoms with E-state index in [0.717, 1.165) is 51.1 Å². The van der Waals surface area contributed by atoms with Crippen molar-refractivity contribution in [2.24, 2.45) is 0 Å². The minimum Gasteiger partial charge on any atom is -0.352 e. The summed E-state index contributed by atoms with van der Waals surface area (Å²) in [6.07, 6.45) is 8.13. The lowest BCUT2D eigenvalue weighted by molar-refractivity contribution is -0.123. The molecule has 0 spiro atoms.